The number of rotatable bonds is 0. The summed E-state index contributed by atoms with van der Waals surface area (Å²) in [6.07, 6.45) is 0. The number of halogens is 2. The number of hydrogen-bond acceptors (Lipinski definition) is 0. The summed E-state index contributed by atoms with van der Waals surface area (Å²) in [6.45, 7) is 1.81. The zero-order chi connectivity index (χ0) is 5.98. The maximum absolute atomic E-state index is 12.1. The molecule has 3 heteroatoms. The second-order valence-corrected chi connectivity index (χ2v) is 1.69. The molecule has 0 N–H and O–H groups in total. The van der Waals surface area contributed by atoms with Gasteiger partial charge in [0, 0.05) is 25.3 Å². The molecule has 1 rings (SSSR count). The van der Waals surface area contributed by atoms with E-state index in [0.717, 1.165) is 5.56 Å². The minimum atomic E-state index is -0.193. The molecule has 52 valence electrons. The van der Waals surface area contributed by atoms with Crippen LogP contribution in [0.3, 0.4) is 0 Å². The maximum Gasteiger partial charge on any atom is 0.0154 e. The van der Waals surface area contributed by atoms with Crippen molar-refractivity contribution in [3.05, 3.63) is 35.6 Å². The molecule has 0 aliphatic carbocycles. The Bertz CT molecular complexity index is 173. The van der Waals surface area contributed by atoms with Crippen molar-refractivity contribution in [3.63, 3.8) is 0 Å². The molecule has 0 aliphatic rings. The summed E-state index contributed by atoms with van der Waals surface area (Å²) in [5.74, 6) is -0.193. The molecule has 1 aromatic rings. The van der Waals surface area contributed by atoms with Gasteiger partial charge in [-0.25, -0.2) is 4.39 Å². The van der Waals surface area contributed by atoms with Gasteiger partial charge in [0.15, 0.2) is 0 Å². The number of aryl methyl sites for hydroxylation is 1. The minimum Gasteiger partial charge on any atom is -0.236 e. The summed E-state index contributed by atoms with van der Waals surface area (Å²) in [6, 6.07) is 7.23. The maximum atomic E-state index is 12.1. The molecule has 0 atom stereocenters. The zero-order valence-electron chi connectivity index (χ0n) is 5.73. The minimum absolute atomic E-state index is 0. The first-order chi connectivity index (χ1) is 3.79. The fourth-order valence-corrected chi connectivity index (χ4v) is 0.549. The molecule has 1 aromatic carbocycles. The van der Waals surface area contributed by atoms with Gasteiger partial charge in [-0.15, -0.1) is 24.5 Å². The topological polar surface area (TPSA) is 0 Å². The molecule has 10 heavy (non-hydrogen) atoms. The first kappa shape index (κ1) is 12.7. The van der Waals surface area contributed by atoms with E-state index in [2.05, 4.69) is 6.07 Å². The van der Waals surface area contributed by atoms with Crippen LogP contribution in [0.5, 0.6) is 0 Å². The molecule has 0 fully saturated rings. The van der Waals surface area contributed by atoms with Crippen LogP contribution in [-0.2, 0) is 19.5 Å². The van der Waals surface area contributed by atoms with Gasteiger partial charge in [0.2, 0.25) is 0 Å². The summed E-state index contributed by atoms with van der Waals surface area (Å²) < 4.78 is 12.1. The monoisotopic (exact) mass is 209 g/mol. The molecule has 0 saturated heterocycles. The summed E-state index contributed by atoms with van der Waals surface area (Å²) in [5.41, 5.74) is 0.838. The molecular weight excluding hydrogens is 204 g/mol. The predicted octanol–water partition coefficient (Wildman–Crippen LogP) is 2.35. The Morgan fingerprint density at radius 3 is 2.40 bits per heavy atom. The third-order valence-electron chi connectivity index (χ3n) is 0.908. The van der Waals surface area contributed by atoms with E-state index in [1.807, 2.05) is 6.92 Å². The van der Waals surface area contributed by atoms with Crippen molar-refractivity contribution in [1.82, 2.24) is 0 Å². The molecule has 0 bridgehead atoms. The molecular formula is C7H7ClFZn-. The molecule has 0 amide bonds. The smallest absolute Gasteiger partial charge is 0.0154 e. The second-order valence-electron chi connectivity index (χ2n) is 1.69. The van der Waals surface area contributed by atoms with Gasteiger partial charge in [-0.1, -0.05) is 6.92 Å². The van der Waals surface area contributed by atoms with Crippen LogP contribution in [0.15, 0.2) is 18.2 Å². The van der Waals surface area contributed by atoms with E-state index < -0.39 is 0 Å². The van der Waals surface area contributed by atoms with E-state index in [-0.39, 0.29) is 37.7 Å². The van der Waals surface area contributed by atoms with E-state index in [0.29, 0.717) is 0 Å². The first-order valence-corrected chi connectivity index (χ1v) is 2.43. The van der Waals surface area contributed by atoms with Crippen molar-refractivity contribution in [2.45, 2.75) is 6.92 Å². The van der Waals surface area contributed by atoms with Crippen LogP contribution in [0.25, 0.3) is 0 Å². The number of benzene rings is 1. The van der Waals surface area contributed by atoms with E-state index in [4.69, 9.17) is 0 Å². The summed E-state index contributed by atoms with van der Waals surface area (Å²) in [5, 5.41) is 0. The zero-order valence-corrected chi connectivity index (χ0v) is 9.51. The average Bonchev–Trinajstić information content (AvgIpc) is 1.64. The van der Waals surface area contributed by atoms with Crippen molar-refractivity contribution in [2.24, 2.45) is 0 Å². The molecule has 0 spiro atoms. The summed E-state index contributed by atoms with van der Waals surface area (Å²) in [7, 11) is 0. The van der Waals surface area contributed by atoms with Crippen LogP contribution in [0.1, 0.15) is 5.56 Å². The van der Waals surface area contributed by atoms with Gasteiger partial charge in [-0.3, -0.25) is 0 Å². The van der Waals surface area contributed by atoms with Crippen LogP contribution < -0.4 is 0 Å². The first-order valence-electron chi connectivity index (χ1n) is 2.43. The molecule has 0 saturated carbocycles. The Labute approximate surface area is 79.0 Å². The largest absolute Gasteiger partial charge is 0.236 e. The van der Waals surface area contributed by atoms with Crippen molar-refractivity contribution < 1.29 is 23.9 Å². The third-order valence-corrected chi connectivity index (χ3v) is 0.908. The third kappa shape index (κ3) is 3.97. The Hall–Kier alpha value is 0.0634. The van der Waals surface area contributed by atoms with Crippen LogP contribution in [0.4, 0.5) is 4.39 Å². The van der Waals surface area contributed by atoms with Crippen molar-refractivity contribution in [3.8, 4) is 0 Å². The van der Waals surface area contributed by atoms with E-state index >= 15 is 0 Å². The quantitative estimate of drug-likeness (QED) is 0.456. The molecule has 0 radical (unpaired) electrons. The number of hydrogen-bond donors (Lipinski definition) is 0. The van der Waals surface area contributed by atoms with Crippen molar-refractivity contribution in [2.75, 3.05) is 0 Å². The normalized spacial score (nSPS) is 7.40. The average molecular weight is 211 g/mol. The van der Waals surface area contributed by atoms with Gasteiger partial charge in [-0.2, -0.15) is 17.7 Å². The van der Waals surface area contributed by atoms with Gasteiger partial charge in [0.05, 0.1) is 0 Å². The standard InChI is InChI=1S/C7H6F.ClH.Zn/c1-6-3-2-4-7(8)5-6;;/h2,4-5H,1H3;1H;/q-1;;. The van der Waals surface area contributed by atoms with E-state index in [1.165, 1.54) is 12.1 Å². The summed E-state index contributed by atoms with van der Waals surface area (Å²) >= 11 is 0. The van der Waals surface area contributed by atoms with Gasteiger partial charge < -0.3 is 0 Å². The molecule has 0 aliphatic heterocycles. The molecule has 0 heterocycles. The Kier molecular flexibility index (Phi) is 7.40. The fraction of sp³-hybridized carbons (Fsp3) is 0.143. The van der Waals surface area contributed by atoms with E-state index in [1.54, 1.807) is 6.07 Å². The van der Waals surface area contributed by atoms with Crippen LogP contribution in [-0.4, -0.2) is 0 Å². The van der Waals surface area contributed by atoms with Gasteiger partial charge in [-0.05, 0) is 0 Å². The van der Waals surface area contributed by atoms with Crippen LogP contribution >= 0.6 is 12.4 Å². The molecule has 0 nitrogen and oxygen atoms in total. The Balaban J connectivity index is 0. The van der Waals surface area contributed by atoms with Gasteiger partial charge in [0.25, 0.3) is 0 Å². The van der Waals surface area contributed by atoms with Crippen molar-refractivity contribution in [1.29, 1.82) is 0 Å². The van der Waals surface area contributed by atoms with E-state index in [9.17, 15) is 4.39 Å². The predicted molar refractivity (Wildman–Crippen MR) is 37.2 cm³/mol. The van der Waals surface area contributed by atoms with Gasteiger partial charge >= 0.3 is 0 Å². The van der Waals surface area contributed by atoms with Crippen LogP contribution in [0.2, 0.25) is 0 Å². The SMILES string of the molecule is Cc1[c-]ccc(F)c1.Cl.[Zn]. The Morgan fingerprint density at radius 2 is 2.10 bits per heavy atom. The second kappa shape index (κ2) is 5.82. The van der Waals surface area contributed by atoms with Gasteiger partial charge in [0.1, 0.15) is 0 Å². The summed E-state index contributed by atoms with van der Waals surface area (Å²) in [4.78, 5) is 0. The van der Waals surface area contributed by atoms with Crippen LogP contribution in [0, 0.1) is 18.8 Å². The molecule has 0 aromatic heterocycles. The molecule has 0 unspecified atom stereocenters. The Morgan fingerprint density at radius 1 is 1.50 bits per heavy atom. The fourth-order valence-electron chi connectivity index (χ4n) is 0.549. The van der Waals surface area contributed by atoms with Crippen molar-refractivity contribution >= 4 is 12.4 Å².